The van der Waals surface area contributed by atoms with Crippen LogP contribution in [0.2, 0.25) is 0 Å². The molecular formula is C18H21FN4O2. The van der Waals surface area contributed by atoms with Crippen molar-refractivity contribution in [3.63, 3.8) is 0 Å². The Balaban J connectivity index is 1.61. The van der Waals surface area contributed by atoms with E-state index in [2.05, 4.69) is 20.2 Å². The molecule has 1 aliphatic rings. The standard InChI is InChI=1S/C18H21FN4O2/c1-13-21-16(12-17(22-13)23-8-10-25-11-9-23)18(24)20-7-6-14-2-4-15(19)5-3-14/h2-5,12H,6-11H2,1H3,(H,20,24). The largest absolute Gasteiger partial charge is 0.378 e. The summed E-state index contributed by atoms with van der Waals surface area (Å²) in [6.45, 7) is 5.05. The van der Waals surface area contributed by atoms with E-state index in [-0.39, 0.29) is 11.7 Å². The number of morpholine rings is 1. The van der Waals surface area contributed by atoms with E-state index >= 15 is 0 Å². The Labute approximate surface area is 146 Å². The first-order chi connectivity index (χ1) is 12.1. The van der Waals surface area contributed by atoms with Gasteiger partial charge in [0, 0.05) is 25.7 Å². The summed E-state index contributed by atoms with van der Waals surface area (Å²) in [7, 11) is 0. The number of hydrogen-bond donors (Lipinski definition) is 1. The number of rotatable bonds is 5. The van der Waals surface area contributed by atoms with Crippen LogP contribution >= 0.6 is 0 Å². The van der Waals surface area contributed by atoms with Gasteiger partial charge in [0.15, 0.2) is 0 Å². The highest BCUT2D eigenvalue weighted by Gasteiger charge is 2.16. The highest BCUT2D eigenvalue weighted by atomic mass is 19.1. The molecule has 0 bridgehead atoms. The molecule has 7 heteroatoms. The summed E-state index contributed by atoms with van der Waals surface area (Å²) in [6, 6.07) is 7.98. The number of aryl methyl sites for hydroxylation is 1. The van der Waals surface area contributed by atoms with Crippen LogP contribution in [0.15, 0.2) is 30.3 Å². The first-order valence-corrected chi connectivity index (χ1v) is 8.33. The Morgan fingerprint density at radius 1 is 1.24 bits per heavy atom. The molecule has 0 aliphatic carbocycles. The summed E-state index contributed by atoms with van der Waals surface area (Å²) in [5, 5.41) is 2.85. The maximum absolute atomic E-state index is 12.9. The number of benzene rings is 1. The maximum Gasteiger partial charge on any atom is 0.270 e. The van der Waals surface area contributed by atoms with Gasteiger partial charge in [-0.2, -0.15) is 0 Å². The van der Waals surface area contributed by atoms with Gasteiger partial charge in [0.25, 0.3) is 5.91 Å². The smallest absolute Gasteiger partial charge is 0.270 e. The van der Waals surface area contributed by atoms with Crippen molar-refractivity contribution in [3.8, 4) is 0 Å². The number of carbonyl (C=O) groups is 1. The maximum atomic E-state index is 12.9. The quantitative estimate of drug-likeness (QED) is 0.895. The third kappa shape index (κ3) is 4.73. The molecule has 1 aromatic heterocycles. The van der Waals surface area contributed by atoms with E-state index in [4.69, 9.17) is 4.74 Å². The predicted molar refractivity (Wildman–Crippen MR) is 92.2 cm³/mol. The van der Waals surface area contributed by atoms with Crippen molar-refractivity contribution < 1.29 is 13.9 Å². The van der Waals surface area contributed by atoms with E-state index in [0.29, 0.717) is 37.7 Å². The van der Waals surface area contributed by atoms with Crippen LogP contribution in [-0.4, -0.2) is 48.7 Å². The third-order valence-electron chi connectivity index (χ3n) is 4.00. The van der Waals surface area contributed by atoms with Gasteiger partial charge in [-0.25, -0.2) is 14.4 Å². The Hall–Kier alpha value is -2.54. The zero-order valence-electron chi connectivity index (χ0n) is 14.2. The lowest BCUT2D eigenvalue weighted by atomic mass is 10.1. The van der Waals surface area contributed by atoms with Crippen molar-refractivity contribution in [2.24, 2.45) is 0 Å². The van der Waals surface area contributed by atoms with E-state index in [1.54, 1.807) is 25.1 Å². The van der Waals surface area contributed by atoms with Crippen LogP contribution in [0, 0.1) is 12.7 Å². The number of nitrogens with zero attached hydrogens (tertiary/aromatic N) is 3. The fraction of sp³-hybridized carbons (Fsp3) is 0.389. The molecule has 25 heavy (non-hydrogen) atoms. The van der Waals surface area contributed by atoms with Crippen LogP contribution in [0.4, 0.5) is 10.2 Å². The Morgan fingerprint density at radius 3 is 2.68 bits per heavy atom. The SMILES string of the molecule is Cc1nc(C(=O)NCCc2ccc(F)cc2)cc(N2CCOCC2)n1. The van der Waals surface area contributed by atoms with Gasteiger partial charge in [0.1, 0.15) is 23.2 Å². The molecule has 1 N–H and O–H groups in total. The second kappa shape index (κ2) is 8.02. The molecule has 0 unspecified atom stereocenters. The number of carbonyl (C=O) groups excluding carboxylic acids is 1. The molecule has 1 aliphatic heterocycles. The third-order valence-corrected chi connectivity index (χ3v) is 4.00. The molecular weight excluding hydrogens is 323 g/mol. The lowest BCUT2D eigenvalue weighted by Crippen LogP contribution is -2.37. The van der Waals surface area contributed by atoms with E-state index in [1.165, 1.54) is 12.1 Å². The number of hydrogen-bond acceptors (Lipinski definition) is 5. The minimum atomic E-state index is -0.264. The van der Waals surface area contributed by atoms with Crippen LogP contribution < -0.4 is 10.2 Å². The van der Waals surface area contributed by atoms with Crippen LogP contribution in [0.1, 0.15) is 21.9 Å². The highest BCUT2D eigenvalue weighted by molar-refractivity contribution is 5.92. The minimum Gasteiger partial charge on any atom is -0.378 e. The average Bonchev–Trinajstić information content (AvgIpc) is 2.63. The molecule has 0 radical (unpaired) electrons. The van der Waals surface area contributed by atoms with Gasteiger partial charge in [-0.3, -0.25) is 4.79 Å². The topological polar surface area (TPSA) is 67.4 Å². The van der Waals surface area contributed by atoms with Crippen molar-refractivity contribution in [3.05, 3.63) is 53.2 Å². The lowest BCUT2D eigenvalue weighted by Gasteiger charge is -2.28. The van der Waals surface area contributed by atoms with Gasteiger partial charge in [-0.05, 0) is 31.0 Å². The zero-order chi connectivity index (χ0) is 17.6. The van der Waals surface area contributed by atoms with E-state index in [0.717, 1.165) is 24.5 Å². The first-order valence-electron chi connectivity index (χ1n) is 8.33. The molecule has 2 heterocycles. The molecule has 3 rings (SSSR count). The monoisotopic (exact) mass is 344 g/mol. The van der Waals surface area contributed by atoms with Crippen LogP contribution in [-0.2, 0) is 11.2 Å². The predicted octanol–water partition coefficient (Wildman–Crippen LogP) is 1.73. The molecule has 6 nitrogen and oxygen atoms in total. The average molecular weight is 344 g/mol. The molecule has 2 aromatic rings. The van der Waals surface area contributed by atoms with E-state index < -0.39 is 0 Å². The number of halogens is 1. The van der Waals surface area contributed by atoms with Crippen molar-refractivity contribution in [2.75, 3.05) is 37.7 Å². The molecule has 1 aromatic carbocycles. The van der Waals surface area contributed by atoms with E-state index in [1.807, 2.05) is 0 Å². The highest BCUT2D eigenvalue weighted by Crippen LogP contribution is 2.14. The van der Waals surface area contributed by atoms with Crippen LogP contribution in [0.5, 0.6) is 0 Å². The summed E-state index contributed by atoms with van der Waals surface area (Å²) >= 11 is 0. The summed E-state index contributed by atoms with van der Waals surface area (Å²) in [4.78, 5) is 23.1. The molecule has 0 atom stereocenters. The Bertz CT molecular complexity index is 730. The Morgan fingerprint density at radius 2 is 1.96 bits per heavy atom. The molecule has 1 saturated heterocycles. The molecule has 1 fully saturated rings. The molecule has 132 valence electrons. The number of ether oxygens (including phenoxy) is 1. The second-order valence-corrected chi connectivity index (χ2v) is 5.89. The van der Waals surface area contributed by atoms with Crippen molar-refractivity contribution in [1.29, 1.82) is 0 Å². The van der Waals surface area contributed by atoms with Crippen molar-refractivity contribution in [1.82, 2.24) is 15.3 Å². The number of amides is 1. The molecule has 0 saturated carbocycles. The number of anilines is 1. The van der Waals surface area contributed by atoms with Crippen molar-refractivity contribution >= 4 is 11.7 Å². The van der Waals surface area contributed by atoms with Gasteiger partial charge in [0.2, 0.25) is 0 Å². The second-order valence-electron chi connectivity index (χ2n) is 5.89. The Kier molecular flexibility index (Phi) is 5.55. The number of nitrogens with one attached hydrogen (secondary N) is 1. The van der Waals surface area contributed by atoms with Gasteiger partial charge < -0.3 is 15.0 Å². The fourth-order valence-electron chi connectivity index (χ4n) is 2.68. The lowest BCUT2D eigenvalue weighted by molar-refractivity contribution is 0.0948. The van der Waals surface area contributed by atoms with E-state index in [9.17, 15) is 9.18 Å². The fourth-order valence-corrected chi connectivity index (χ4v) is 2.68. The molecule has 0 spiro atoms. The summed E-state index contributed by atoms with van der Waals surface area (Å²) in [6.07, 6.45) is 0.631. The summed E-state index contributed by atoms with van der Waals surface area (Å²) < 4.78 is 18.2. The van der Waals surface area contributed by atoms with Gasteiger partial charge in [-0.15, -0.1) is 0 Å². The molecule has 1 amide bonds. The summed E-state index contributed by atoms with van der Waals surface area (Å²) in [5.41, 5.74) is 1.32. The number of aromatic nitrogens is 2. The summed E-state index contributed by atoms with van der Waals surface area (Å²) in [5.74, 6) is 0.814. The normalized spacial score (nSPS) is 14.4. The van der Waals surface area contributed by atoms with Gasteiger partial charge in [-0.1, -0.05) is 12.1 Å². The van der Waals surface area contributed by atoms with Crippen LogP contribution in [0.3, 0.4) is 0 Å². The minimum absolute atomic E-state index is 0.234. The van der Waals surface area contributed by atoms with Gasteiger partial charge in [0.05, 0.1) is 13.2 Å². The van der Waals surface area contributed by atoms with Crippen LogP contribution in [0.25, 0.3) is 0 Å². The zero-order valence-corrected chi connectivity index (χ0v) is 14.2. The first kappa shape index (κ1) is 17.3. The van der Waals surface area contributed by atoms with Crippen molar-refractivity contribution in [2.45, 2.75) is 13.3 Å². The van der Waals surface area contributed by atoms with Gasteiger partial charge >= 0.3 is 0 Å².